The Morgan fingerprint density at radius 1 is 1.25 bits per heavy atom. The number of methoxy groups -OCH3 is 1. The van der Waals surface area contributed by atoms with Crippen LogP contribution in [-0.2, 0) is 24.4 Å². The molecule has 7 nitrogen and oxygen atoms in total. The van der Waals surface area contributed by atoms with Crippen LogP contribution in [0.1, 0.15) is 11.6 Å². The number of fused-ring (bicyclic) bond motifs is 2. The Labute approximate surface area is 139 Å². The molecule has 0 saturated heterocycles. The van der Waals surface area contributed by atoms with E-state index in [1.165, 1.54) is 0 Å². The second-order valence-electron chi connectivity index (χ2n) is 6.00. The Hall–Kier alpha value is -2.83. The van der Waals surface area contributed by atoms with E-state index in [2.05, 4.69) is 14.8 Å². The predicted octanol–water partition coefficient (Wildman–Crippen LogP) is 1.59. The SMILES string of the molecule is COc1ccc2c(ccn2CC(=O)N2CCn3c(C)nnc3C2)c1. The van der Waals surface area contributed by atoms with Crippen LogP contribution in [-0.4, -0.2) is 43.8 Å². The fourth-order valence-electron chi connectivity index (χ4n) is 3.20. The molecule has 0 N–H and O–H groups in total. The summed E-state index contributed by atoms with van der Waals surface area (Å²) in [6.07, 6.45) is 1.94. The lowest BCUT2D eigenvalue weighted by Crippen LogP contribution is -2.40. The molecule has 0 aliphatic carbocycles. The van der Waals surface area contributed by atoms with E-state index in [0.29, 0.717) is 19.6 Å². The van der Waals surface area contributed by atoms with Gasteiger partial charge in [0, 0.05) is 30.2 Å². The first-order valence-corrected chi connectivity index (χ1v) is 7.95. The van der Waals surface area contributed by atoms with Crippen LogP contribution >= 0.6 is 0 Å². The first kappa shape index (κ1) is 14.7. The van der Waals surface area contributed by atoms with Gasteiger partial charge in [0.15, 0.2) is 5.82 Å². The van der Waals surface area contributed by atoms with Crippen LogP contribution in [0, 0.1) is 6.92 Å². The van der Waals surface area contributed by atoms with Crippen molar-refractivity contribution in [1.82, 2.24) is 24.2 Å². The van der Waals surface area contributed by atoms with Crippen molar-refractivity contribution in [3.05, 3.63) is 42.1 Å². The molecule has 0 saturated carbocycles. The molecule has 1 aromatic carbocycles. The van der Waals surface area contributed by atoms with Gasteiger partial charge in [0.25, 0.3) is 0 Å². The second kappa shape index (κ2) is 5.67. The number of carbonyl (C=O) groups is 1. The molecule has 24 heavy (non-hydrogen) atoms. The minimum atomic E-state index is 0.0928. The molecular weight excluding hydrogens is 306 g/mol. The van der Waals surface area contributed by atoms with E-state index in [-0.39, 0.29) is 5.91 Å². The fraction of sp³-hybridized carbons (Fsp3) is 0.353. The molecule has 3 heterocycles. The number of hydrogen-bond donors (Lipinski definition) is 0. The Morgan fingerprint density at radius 2 is 2.12 bits per heavy atom. The number of rotatable bonds is 3. The van der Waals surface area contributed by atoms with Crippen LogP contribution in [0.2, 0.25) is 0 Å². The highest BCUT2D eigenvalue weighted by Gasteiger charge is 2.23. The lowest BCUT2D eigenvalue weighted by atomic mass is 10.2. The van der Waals surface area contributed by atoms with Crippen molar-refractivity contribution in [2.75, 3.05) is 13.7 Å². The Kier molecular flexibility index (Phi) is 3.48. The lowest BCUT2D eigenvalue weighted by molar-refractivity contribution is -0.133. The molecule has 1 amide bonds. The van der Waals surface area contributed by atoms with E-state index in [4.69, 9.17) is 4.74 Å². The van der Waals surface area contributed by atoms with E-state index in [1.54, 1.807) is 7.11 Å². The van der Waals surface area contributed by atoms with Gasteiger partial charge in [-0.15, -0.1) is 10.2 Å². The summed E-state index contributed by atoms with van der Waals surface area (Å²) in [6, 6.07) is 7.87. The third-order valence-corrected chi connectivity index (χ3v) is 4.57. The highest BCUT2D eigenvalue weighted by Crippen LogP contribution is 2.22. The van der Waals surface area contributed by atoms with Gasteiger partial charge >= 0.3 is 0 Å². The molecular formula is C17H19N5O2. The normalized spacial score (nSPS) is 14.0. The maximum atomic E-state index is 12.7. The number of ether oxygens (including phenoxy) is 1. The highest BCUT2D eigenvalue weighted by atomic mass is 16.5. The Bertz CT molecular complexity index is 911. The molecule has 7 heteroatoms. The number of hydrogen-bond acceptors (Lipinski definition) is 4. The average Bonchev–Trinajstić information content (AvgIpc) is 3.18. The van der Waals surface area contributed by atoms with E-state index < -0.39 is 0 Å². The minimum Gasteiger partial charge on any atom is -0.497 e. The molecule has 0 unspecified atom stereocenters. The zero-order valence-electron chi connectivity index (χ0n) is 13.8. The molecule has 0 fully saturated rings. The molecule has 0 bridgehead atoms. The summed E-state index contributed by atoms with van der Waals surface area (Å²) in [4.78, 5) is 14.5. The van der Waals surface area contributed by atoms with Gasteiger partial charge in [-0.1, -0.05) is 0 Å². The van der Waals surface area contributed by atoms with Crippen molar-refractivity contribution in [2.24, 2.45) is 0 Å². The van der Waals surface area contributed by atoms with Gasteiger partial charge in [0.2, 0.25) is 5.91 Å². The first-order valence-electron chi connectivity index (χ1n) is 7.95. The number of nitrogens with zero attached hydrogens (tertiary/aromatic N) is 5. The number of benzene rings is 1. The smallest absolute Gasteiger partial charge is 0.242 e. The highest BCUT2D eigenvalue weighted by molar-refractivity contribution is 5.84. The second-order valence-corrected chi connectivity index (χ2v) is 6.00. The third kappa shape index (κ3) is 2.42. The van der Waals surface area contributed by atoms with Crippen LogP contribution in [0.4, 0.5) is 0 Å². The van der Waals surface area contributed by atoms with Crippen LogP contribution in [0.15, 0.2) is 30.5 Å². The maximum Gasteiger partial charge on any atom is 0.242 e. The topological polar surface area (TPSA) is 65.2 Å². The molecule has 0 spiro atoms. The minimum absolute atomic E-state index is 0.0928. The van der Waals surface area contributed by atoms with Crippen molar-refractivity contribution < 1.29 is 9.53 Å². The van der Waals surface area contributed by atoms with Crippen LogP contribution in [0.5, 0.6) is 5.75 Å². The molecule has 4 rings (SSSR count). The van der Waals surface area contributed by atoms with Gasteiger partial charge in [0.1, 0.15) is 18.1 Å². The third-order valence-electron chi connectivity index (χ3n) is 4.57. The summed E-state index contributed by atoms with van der Waals surface area (Å²) in [7, 11) is 1.65. The lowest BCUT2D eigenvalue weighted by Gasteiger charge is -2.28. The summed E-state index contributed by atoms with van der Waals surface area (Å²) in [5.41, 5.74) is 1.03. The number of aryl methyl sites for hydroxylation is 1. The van der Waals surface area contributed by atoms with Gasteiger partial charge in [-0.3, -0.25) is 4.79 Å². The molecule has 2 aromatic heterocycles. The molecule has 0 atom stereocenters. The van der Waals surface area contributed by atoms with Crippen molar-refractivity contribution in [1.29, 1.82) is 0 Å². The van der Waals surface area contributed by atoms with Crippen LogP contribution in [0.3, 0.4) is 0 Å². The summed E-state index contributed by atoms with van der Waals surface area (Å²) >= 11 is 0. The molecule has 1 aliphatic heterocycles. The van der Waals surface area contributed by atoms with Gasteiger partial charge in [-0.2, -0.15) is 0 Å². The summed E-state index contributed by atoms with van der Waals surface area (Å²) in [5, 5.41) is 9.30. The Morgan fingerprint density at radius 3 is 2.96 bits per heavy atom. The first-order chi connectivity index (χ1) is 11.7. The van der Waals surface area contributed by atoms with E-state index >= 15 is 0 Å². The predicted molar refractivity (Wildman–Crippen MR) is 88.7 cm³/mol. The zero-order chi connectivity index (χ0) is 16.7. The van der Waals surface area contributed by atoms with Crippen molar-refractivity contribution in [3.8, 4) is 5.75 Å². The average molecular weight is 325 g/mol. The van der Waals surface area contributed by atoms with Crippen molar-refractivity contribution >= 4 is 16.8 Å². The largest absolute Gasteiger partial charge is 0.497 e. The van der Waals surface area contributed by atoms with Crippen molar-refractivity contribution in [2.45, 2.75) is 26.6 Å². The molecule has 0 radical (unpaired) electrons. The zero-order valence-corrected chi connectivity index (χ0v) is 13.8. The van der Waals surface area contributed by atoms with E-state index in [0.717, 1.165) is 34.8 Å². The van der Waals surface area contributed by atoms with E-state index in [9.17, 15) is 4.79 Å². The maximum absolute atomic E-state index is 12.7. The van der Waals surface area contributed by atoms with Gasteiger partial charge in [0.05, 0.1) is 13.7 Å². The Balaban J connectivity index is 1.52. The summed E-state index contributed by atoms with van der Waals surface area (Å²) in [6.45, 7) is 4.23. The molecule has 1 aliphatic rings. The van der Waals surface area contributed by atoms with Crippen molar-refractivity contribution in [3.63, 3.8) is 0 Å². The van der Waals surface area contributed by atoms with Crippen LogP contribution in [0.25, 0.3) is 10.9 Å². The monoisotopic (exact) mass is 325 g/mol. The number of carbonyl (C=O) groups excluding carboxylic acids is 1. The van der Waals surface area contributed by atoms with Gasteiger partial charge < -0.3 is 18.8 Å². The van der Waals surface area contributed by atoms with Crippen LogP contribution < -0.4 is 4.74 Å². The van der Waals surface area contributed by atoms with E-state index in [1.807, 2.05) is 46.9 Å². The van der Waals surface area contributed by atoms with Gasteiger partial charge in [-0.05, 0) is 31.2 Å². The summed E-state index contributed by atoms with van der Waals surface area (Å²) in [5.74, 6) is 2.67. The standard InChI is InChI=1S/C17H19N5O2/c1-12-18-19-16-10-21(7-8-22(12)16)17(23)11-20-6-5-13-9-14(24-2)3-4-15(13)20/h3-6,9H,7-8,10-11H2,1-2H3. The summed E-state index contributed by atoms with van der Waals surface area (Å²) < 4.78 is 9.29. The number of amides is 1. The fourth-order valence-corrected chi connectivity index (χ4v) is 3.20. The van der Waals surface area contributed by atoms with Gasteiger partial charge in [-0.25, -0.2) is 0 Å². The molecule has 124 valence electrons. The molecule has 3 aromatic rings. The number of aromatic nitrogens is 4. The quantitative estimate of drug-likeness (QED) is 0.733.